The van der Waals surface area contributed by atoms with Gasteiger partial charge in [-0.05, 0) is 31.7 Å². The van der Waals surface area contributed by atoms with Crippen molar-refractivity contribution < 1.29 is 9.21 Å². The zero-order valence-electron chi connectivity index (χ0n) is 14.2. The fourth-order valence-electron chi connectivity index (χ4n) is 2.50. The Morgan fingerprint density at radius 2 is 2.00 bits per heavy atom. The number of nitrogens with zero attached hydrogens (tertiary/aromatic N) is 3. The Balaban J connectivity index is 1.99. The van der Waals surface area contributed by atoms with Crippen LogP contribution < -0.4 is 0 Å². The van der Waals surface area contributed by atoms with Crippen molar-refractivity contribution in [3.8, 4) is 6.07 Å². The van der Waals surface area contributed by atoms with Crippen LogP contribution in [-0.2, 0) is 11.3 Å². The van der Waals surface area contributed by atoms with Gasteiger partial charge >= 0.3 is 0 Å². The minimum Gasteiger partial charge on any atom is -0.467 e. The largest absolute Gasteiger partial charge is 0.467 e. The number of nitriles is 1. The van der Waals surface area contributed by atoms with E-state index < -0.39 is 0 Å². The molecule has 0 radical (unpaired) electrons. The molecule has 5 heteroatoms. The van der Waals surface area contributed by atoms with Crippen molar-refractivity contribution >= 4 is 5.91 Å². The average molecular weight is 325 g/mol. The summed E-state index contributed by atoms with van der Waals surface area (Å²) in [6.07, 6.45) is 1.90. The molecule has 1 aromatic heterocycles. The van der Waals surface area contributed by atoms with Gasteiger partial charge in [0.2, 0.25) is 5.91 Å². The fraction of sp³-hybridized carbons (Fsp3) is 0.368. The minimum atomic E-state index is -0.00747. The monoisotopic (exact) mass is 325 g/mol. The maximum atomic E-state index is 12.7. The second-order valence-electron chi connectivity index (χ2n) is 5.80. The third-order valence-electron chi connectivity index (χ3n) is 4.10. The Morgan fingerprint density at radius 3 is 2.62 bits per heavy atom. The molecule has 1 heterocycles. The van der Waals surface area contributed by atoms with E-state index in [9.17, 15) is 4.79 Å². The molecule has 0 saturated carbocycles. The molecule has 0 aliphatic rings. The van der Waals surface area contributed by atoms with Crippen molar-refractivity contribution in [3.63, 3.8) is 0 Å². The first-order valence-electron chi connectivity index (χ1n) is 8.04. The van der Waals surface area contributed by atoms with Crippen molar-refractivity contribution in [3.05, 3.63) is 60.1 Å². The van der Waals surface area contributed by atoms with Crippen LogP contribution in [0.4, 0.5) is 0 Å². The van der Waals surface area contributed by atoms with Gasteiger partial charge in [0.05, 0.1) is 31.8 Å². The molecule has 126 valence electrons. The van der Waals surface area contributed by atoms with E-state index in [0.717, 1.165) is 5.76 Å². The Labute approximate surface area is 143 Å². The second-order valence-corrected chi connectivity index (χ2v) is 5.80. The summed E-state index contributed by atoms with van der Waals surface area (Å²) in [5.74, 6) is 0.715. The number of carbonyl (C=O) groups excluding carboxylic acids is 1. The summed E-state index contributed by atoms with van der Waals surface area (Å²) in [6.45, 7) is 3.17. The molecule has 0 unspecified atom stereocenters. The highest BCUT2D eigenvalue weighted by molar-refractivity contribution is 5.78. The Morgan fingerprint density at radius 1 is 1.25 bits per heavy atom. The smallest absolute Gasteiger partial charge is 0.237 e. The first-order valence-corrected chi connectivity index (χ1v) is 8.04. The molecular formula is C19H23N3O2. The SMILES string of the molecule is C[C@@H](c1ccccc1)N(C)CC(=O)N(CCC#N)Cc1ccco1. The van der Waals surface area contributed by atoms with Crippen LogP contribution in [0, 0.1) is 11.3 Å². The highest BCUT2D eigenvalue weighted by atomic mass is 16.3. The first-order chi connectivity index (χ1) is 11.6. The van der Waals surface area contributed by atoms with E-state index in [1.165, 1.54) is 5.56 Å². The summed E-state index contributed by atoms with van der Waals surface area (Å²) in [4.78, 5) is 16.3. The van der Waals surface area contributed by atoms with Crippen molar-refractivity contribution in [2.24, 2.45) is 0 Å². The Bertz CT molecular complexity index is 662. The van der Waals surface area contributed by atoms with Crippen LogP contribution in [0.5, 0.6) is 0 Å². The highest BCUT2D eigenvalue weighted by Gasteiger charge is 2.20. The number of benzene rings is 1. The topological polar surface area (TPSA) is 60.5 Å². The highest BCUT2D eigenvalue weighted by Crippen LogP contribution is 2.18. The van der Waals surface area contributed by atoms with Gasteiger partial charge in [0.15, 0.2) is 0 Å². The lowest BCUT2D eigenvalue weighted by molar-refractivity contribution is -0.133. The van der Waals surface area contributed by atoms with Crippen LogP contribution in [-0.4, -0.2) is 35.8 Å². The Hall–Kier alpha value is -2.58. The third kappa shape index (κ3) is 4.97. The summed E-state index contributed by atoms with van der Waals surface area (Å²) >= 11 is 0. The number of likely N-dealkylation sites (N-methyl/N-ethyl adjacent to an activating group) is 1. The summed E-state index contributed by atoms with van der Waals surface area (Å²) in [7, 11) is 1.94. The van der Waals surface area contributed by atoms with Gasteiger partial charge in [0.25, 0.3) is 0 Å². The molecule has 2 aromatic rings. The lowest BCUT2D eigenvalue weighted by Gasteiger charge is -2.28. The number of carbonyl (C=O) groups is 1. The lowest BCUT2D eigenvalue weighted by Crippen LogP contribution is -2.39. The molecule has 2 rings (SSSR count). The molecule has 5 nitrogen and oxygen atoms in total. The molecular weight excluding hydrogens is 302 g/mol. The molecule has 0 saturated heterocycles. The molecule has 0 aliphatic heterocycles. The molecule has 0 aliphatic carbocycles. The van der Waals surface area contributed by atoms with Gasteiger partial charge in [-0.2, -0.15) is 5.26 Å². The van der Waals surface area contributed by atoms with Crippen LogP contribution >= 0.6 is 0 Å². The van der Waals surface area contributed by atoms with E-state index in [1.807, 2.05) is 36.2 Å². The predicted molar refractivity (Wildman–Crippen MR) is 91.8 cm³/mol. The molecule has 1 atom stereocenters. The van der Waals surface area contributed by atoms with Crippen molar-refractivity contribution in [1.82, 2.24) is 9.80 Å². The van der Waals surface area contributed by atoms with Gasteiger partial charge in [-0.15, -0.1) is 0 Å². The summed E-state index contributed by atoms with van der Waals surface area (Å²) < 4.78 is 5.33. The van der Waals surface area contributed by atoms with Crippen molar-refractivity contribution in [2.45, 2.75) is 25.9 Å². The van der Waals surface area contributed by atoms with Crippen LogP contribution in [0.2, 0.25) is 0 Å². The van der Waals surface area contributed by atoms with Gasteiger partial charge in [0, 0.05) is 12.6 Å². The van der Waals surface area contributed by atoms with E-state index in [4.69, 9.17) is 9.68 Å². The van der Waals surface area contributed by atoms with E-state index in [1.54, 1.807) is 17.2 Å². The molecule has 0 spiro atoms. The van der Waals surface area contributed by atoms with E-state index in [0.29, 0.717) is 26.1 Å². The molecule has 0 fully saturated rings. The van der Waals surface area contributed by atoms with Gasteiger partial charge in [-0.25, -0.2) is 0 Å². The molecule has 1 amide bonds. The normalized spacial score (nSPS) is 11.9. The van der Waals surface area contributed by atoms with E-state index in [2.05, 4.69) is 25.1 Å². The maximum Gasteiger partial charge on any atom is 0.237 e. The molecule has 0 N–H and O–H groups in total. The summed E-state index contributed by atoms with van der Waals surface area (Å²) in [5, 5.41) is 8.82. The van der Waals surface area contributed by atoms with E-state index in [-0.39, 0.29) is 11.9 Å². The molecule has 0 bridgehead atoms. The summed E-state index contributed by atoms with van der Waals surface area (Å²) in [6, 6.07) is 16.0. The quantitative estimate of drug-likeness (QED) is 0.748. The van der Waals surface area contributed by atoms with Gasteiger partial charge in [-0.1, -0.05) is 30.3 Å². The number of amides is 1. The third-order valence-corrected chi connectivity index (χ3v) is 4.10. The van der Waals surface area contributed by atoms with Gasteiger partial charge < -0.3 is 9.32 Å². The number of hydrogen-bond donors (Lipinski definition) is 0. The zero-order valence-corrected chi connectivity index (χ0v) is 14.2. The predicted octanol–water partition coefficient (Wildman–Crippen LogP) is 3.21. The van der Waals surface area contributed by atoms with Crippen LogP contribution in [0.1, 0.15) is 30.7 Å². The van der Waals surface area contributed by atoms with Crippen LogP contribution in [0.25, 0.3) is 0 Å². The van der Waals surface area contributed by atoms with Gasteiger partial charge in [0.1, 0.15) is 5.76 Å². The number of furan rings is 1. The number of rotatable bonds is 8. The van der Waals surface area contributed by atoms with Crippen LogP contribution in [0.3, 0.4) is 0 Å². The van der Waals surface area contributed by atoms with Gasteiger partial charge in [-0.3, -0.25) is 9.69 Å². The summed E-state index contributed by atoms with van der Waals surface area (Å²) in [5.41, 5.74) is 1.17. The first kappa shape index (κ1) is 17.8. The fourth-order valence-corrected chi connectivity index (χ4v) is 2.50. The number of hydrogen-bond acceptors (Lipinski definition) is 4. The van der Waals surface area contributed by atoms with Crippen LogP contribution in [0.15, 0.2) is 53.1 Å². The van der Waals surface area contributed by atoms with Crippen molar-refractivity contribution in [2.75, 3.05) is 20.1 Å². The van der Waals surface area contributed by atoms with E-state index >= 15 is 0 Å². The minimum absolute atomic E-state index is 0.00747. The van der Waals surface area contributed by atoms with Crippen molar-refractivity contribution in [1.29, 1.82) is 5.26 Å². The second kappa shape index (κ2) is 8.90. The maximum absolute atomic E-state index is 12.7. The average Bonchev–Trinajstić information content (AvgIpc) is 3.11. The zero-order chi connectivity index (χ0) is 17.4. The molecule has 1 aromatic carbocycles. The standard InChI is InChI=1S/C19H23N3O2/c1-16(17-8-4-3-5-9-17)21(2)15-19(23)22(12-7-11-20)14-18-10-6-13-24-18/h3-6,8-10,13,16H,7,12,14-15H2,1-2H3/t16-/m0/s1. The Kier molecular flexibility index (Phi) is 6.59. The lowest BCUT2D eigenvalue weighted by atomic mass is 10.1. The molecule has 24 heavy (non-hydrogen) atoms.